The van der Waals surface area contributed by atoms with Gasteiger partial charge in [-0.25, -0.2) is 17.5 Å². The molecule has 0 aliphatic carbocycles. The zero-order chi connectivity index (χ0) is 15.0. The lowest BCUT2D eigenvalue weighted by Crippen LogP contribution is -2.35. The zero-order valence-electron chi connectivity index (χ0n) is 12.0. The van der Waals surface area contributed by atoms with E-state index >= 15 is 0 Å². The lowest BCUT2D eigenvalue weighted by Gasteiger charge is -2.14. The predicted octanol–water partition coefficient (Wildman–Crippen LogP) is 1.68. The molecule has 0 aliphatic heterocycles. The average molecular weight is 302 g/mol. The van der Waals surface area contributed by atoms with E-state index in [0.717, 1.165) is 18.5 Å². The van der Waals surface area contributed by atoms with E-state index in [-0.39, 0.29) is 17.6 Å². The predicted molar refractivity (Wildman–Crippen MR) is 79.6 cm³/mol. The van der Waals surface area contributed by atoms with Crippen molar-refractivity contribution >= 4 is 10.0 Å². The molecule has 0 amide bonds. The summed E-state index contributed by atoms with van der Waals surface area (Å²) in [6.45, 7) is 2.63. The molecule has 0 saturated heterocycles. The van der Waals surface area contributed by atoms with Gasteiger partial charge >= 0.3 is 0 Å². The first-order valence-corrected chi connectivity index (χ1v) is 8.47. The van der Waals surface area contributed by atoms with Crippen LogP contribution in [0.15, 0.2) is 24.3 Å². The molecule has 1 rings (SSSR count). The standard InChI is InChI=1S/C14H23FN2O2S/c1-12(11-13-5-7-14(15)8-6-13)17-20(18,19)10-4-3-9-16-2/h5-8,12,16-17H,3-4,9-11H2,1-2H3. The second-order valence-corrected chi connectivity index (χ2v) is 6.85. The van der Waals surface area contributed by atoms with E-state index in [2.05, 4.69) is 10.0 Å². The van der Waals surface area contributed by atoms with Gasteiger partial charge in [0.05, 0.1) is 5.75 Å². The van der Waals surface area contributed by atoms with Crippen LogP contribution in [0.5, 0.6) is 0 Å². The maximum atomic E-state index is 12.8. The van der Waals surface area contributed by atoms with Crippen molar-refractivity contribution in [1.29, 1.82) is 0 Å². The minimum Gasteiger partial charge on any atom is -0.320 e. The van der Waals surface area contributed by atoms with Crippen LogP contribution < -0.4 is 10.0 Å². The summed E-state index contributed by atoms with van der Waals surface area (Å²) >= 11 is 0. The molecular weight excluding hydrogens is 279 g/mol. The summed E-state index contributed by atoms with van der Waals surface area (Å²) in [5, 5.41) is 2.99. The van der Waals surface area contributed by atoms with Gasteiger partial charge in [0.15, 0.2) is 0 Å². The Morgan fingerprint density at radius 2 is 1.85 bits per heavy atom. The summed E-state index contributed by atoms with van der Waals surface area (Å²) < 4.78 is 39.1. The SMILES string of the molecule is CNCCCCS(=O)(=O)NC(C)Cc1ccc(F)cc1. The number of halogens is 1. The van der Waals surface area contributed by atoms with Crippen molar-refractivity contribution in [3.8, 4) is 0 Å². The van der Waals surface area contributed by atoms with Crippen LogP contribution in [0.3, 0.4) is 0 Å². The van der Waals surface area contributed by atoms with E-state index in [1.807, 2.05) is 14.0 Å². The lowest BCUT2D eigenvalue weighted by molar-refractivity contribution is 0.554. The third-order valence-corrected chi connectivity index (χ3v) is 4.51. The molecule has 4 nitrogen and oxygen atoms in total. The van der Waals surface area contributed by atoms with Gasteiger partial charge in [-0.2, -0.15) is 0 Å². The first kappa shape index (κ1) is 17.1. The highest BCUT2D eigenvalue weighted by atomic mass is 32.2. The topological polar surface area (TPSA) is 58.2 Å². The molecule has 1 unspecified atom stereocenters. The first-order chi connectivity index (χ1) is 9.43. The minimum atomic E-state index is -3.24. The van der Waals surface area contributed by atoms with Gasteiger partial charge in [0.2, 0.25) is 10.0 Å². The van der Waals surface area contributed by atoms with E-state index in [1.165, 1.54) is 12.1 Å². The van der Waals surface area contributed by atoms with Crippen molar-refractivity contribution in [3.05, 3.63) is 35.6 Å². The average Bonchev–Trinajstić information content (AvgIpc) is 2.37. The van der Waals surface area contributed by atoms with Crippen LogP contribution in [-0.2, 0) is 16.4 Å². The lowest BCUT2D eigenvalue weighted by atomic mass is 10.1. The van der Waals surface area contributed by atoms with Gasteiger partial charge < -0.3 is 5.32 Å². The Balaban J connectivity index is 2.40. The molecule has 0 aromatic heterocycles. The van der Waals surface area contributed by atoms with Crippen molar-refractivity contribution < 1.29 is 12.8 Å². The number of hydrogen-bond acceptors (Lipinski definition) is 3. The zero-order valence-corrected chi connectivity index (χ0v) is 12.8. The van der Waals surface area contributed by atoms with E-state index < -0.39 is 10.0 Å². The highest BCUT2D eigenvalue weighted by Crippen LogP contribution is 2.06. The van der Waals surface area contributed by atoms with Crippen molar-refractivity contribution in [3.63, 3.8) is 0 Å². The Kier molecular flexibility index (Phi) is 7.12. The van der Waals surface area contributed by atoms with Gasteiger partial charge in [-0.15, -0.1) is 0 Å². The Labute approximate surface area is 120 Å². The van der Waals surface area contributed by atoms with Gasteiger partial charge in [-0.05, 0) is 57.5 Å². The third kappa shape index (κ3) is 6.98. The van der Waals surface area contributed by atoms with Crippen LogP contribution in [0, 0.1) is 5.82 Å². The molecular formula is C14H23FN2O2S. The summed E-state index contributed by atoms with van der Waals surface area (Å²) in [6.07, 6.45) is 2.03. The van der Waals surface area contributed by atoms with Crippen molar-refractivity contribution in [2.45, 2.75) is 32.2 Å². The summed E-state index contributed by atoms with van der Waals surface area (Å²) in [6, 6.07) is 5.91. The van der Waals surface area contributed by atoms with Crippen LogP contribution in [-0.4, -0.2) is 33.8 Å². The molecule has 0 heterocycles. The minimum absolute atomic E-state index is 0.141. The van der Waals surface area contributed by atoms with Gasteiger partial charge in [0.1, 0.15) is 5.82 Å². The highest BCUT2D eigenvalue weighted by Gasteiger charge is 2.14. The van der Waals surface area contributed by atoms with Crippen LogP contribution in [0.25, 0.3) is 0 Å². The largest absolute Gasteiger partial charge is 0.320 e. The molecule has 0 aliphatic rings. The molecule has 1 aromatic carbocycles. The van der Waals surface area contributed by atoms with Crippen molar-refractivity contribution in [1.82, 2.24) is 10.0 Å². The van der Waals surface area contributed by atoms with Gasteiger partial charge in [0, 0.05) is 6.04 Å². The number of sulfonamides is 1. The fourth-order valence-electron chi connectivity index (χ4n) is 1.98. The maximum Gasteiger partial charge on any atom is 0.211 e. The van der Waals surface area contributed by atoms with E-state index in [0.29, 0.717) is 12.8 Å². The summed E-state index contributed by atoms with van der Waals surface area (Å²) in [5.74, 6) is -0.144. The van der Waals surface area contributed by atoms with E-state index in [4.69, 9.17) is 0 Å². The second-order valence-electron chi connectivity index (χ2n) is 4.98. The Bertz CT molecular complexity index is 488. The molecule has 0 fully saturated rings. The normalized spacial score (nSPS) is 13.3. The highest BCUT2D eigenvalue weighted by molar-refractivity contribution is 7.89. The smallest absolute Gasteiger partial charge is 0.211 e. The van der Waals surface area contributed by atoms with E-state index in [9.17, 15) is 12.8 Å². The summed E-state index contributed by atoms with van der Waals surface area (Å²) in [5.41, 5.74) is 0.914. The maximum absolute atomic E-state index is 12.8. The summed E-state index contributed by atoms with van der Waals surface area (Å²) in [4.78, 5) is 0. The van der Waals surface area contributed by atoms with Crippen molar-refractivity contribution in [2.24, 2.45) is 0 Å². The fourth-order valence-corrected chi connectivity index (χ4v) is 3.37. The van der Waals surface area contributed by atoms with Gasteiger partial charge in [0.25, 0.3) is 0 Å². The Morgan fingerprint density at radius 1 is 1.20 bits per heavy atom. The first-order valence-electron chi connectivity index (χ1n) is 6.82. The second kappa shape index (κ2) is 8.34. The Hall–Kier alpha value is -0.980. The summed E-state index contributed by atoms with van der Waals surface area (Å²) in [7, 11) is -1.40. The molecule has 0 spiro atoms. The molecule has 1 aromatic rings. The number of benzene rings is 1. The number of rotatable bonds is 9. The van der Waals surface area contributed by atoms with Crippen molar-refractivity contribution in [2.75, 3.05) is 19.3 Å². The fraction of sp³-hybridized carbons (Fsp3) is 0.571. The van der Waals surface area contributed by atoms with Crippen LogP contribution >= 0.6 is 0 Å². The number of hydrogen-bond donors (Lipinski definition) is 2. The molecule has 6 heteroatoms. The molecule has 0 bridgehead atoms. The van der Waals surface area contributed by atoms with E-state index in [1.54, 1.807) is 12.1 Å². The molecule has 1 atom stereocenters. The third-order valence-electron chi connectivity index (χ3n) is 2.93. The molecule has 20 heavy (non-hydrogen) atoms. The van der Waals surface area contributed by atoms with Gasteiger partial charge in [-0.1, -0.05) is 12.1 Å². The molecule has 0 radical (unpaired) electrons. The molecule has 2 N–H and O–H groups in total. The van der Waals surface area contributed by atoms with Crippen LogP contribution in [0.4, 0.5) is 4.39 Å². The quantitative estimate of drug-likeness (QED) is 0.682. The molecule has 114 valence electrons. The van der Waals surface area contributed by atoms with Crippen LogP contribution in [0.2, 0.25) is 0 Å². The number of nitrogens with one attached hydrogen (secondary N) is 2. The number of unbranched alkanes of at least 4 members (excludes halogenated alkanes) is 1. The Morgan fingerprint density at radius 3 is 2.45 bits per heavy atom. The van der Waals surface area contributed by atoms with Crippen LogP contribution in [0.1, 0.15) is 25.3 Å². The van der Waals surface area contributed by atoms with Gasteiger partial charge in [-0.3, -0.25) is 0 Å². The monoisotopic (exact) mass is 302 g/mol. The molecule has 0 saturated carbocycles.